The Morgan fingerprint density at radius 3 is 2.43 bits per heavy atom. The molecule has 3 heteroatoms. The SMILES string of the molecule is CC(C)(C)C1CN(CCCC(=O)O)C1. The lowest BCUT2D eigenvalue weighted by atomic mass is 9.76. The molecular formula is C11H21NO2. The molecule has 1 N–H and O–H groups in total. The molecule has 0 radical (unpaired) electrons. The minimum atomic E-state index is -0.683. The number of hydrogen-bond acceptors (Lipinski definition) is 2. The summed E-state index contributed by atoms with van der Waals surface area (Å²) in [6, 6.07) is 0. The van der Waals surface area contributed by atoms with Crippen molar-refractivity contribution in [1.82, 2.24) is 4.90 Å². The third-order valence-electron chi connectivity index (χ3n) is 3.05. The summed E-state index contributed by atoms with van der Waals surface area (Å²) >= 11 is 0. The maximum Gasteiger partial charge on any atom is 0.303 e. The quantitative estimate of drug-likeness (QED) is 0.751. The van der Waals surface area contributed by atoms with E-state index >= 15 is 0 Å². The lowest BCUT2D eigenvalue weighted by Gasteiger charge is -2.46. The van der Waals surface area contributed by atoms with Gasteiger partial charge in [-0.2, -0.15) is 0 Å². The van der Waals surface area contributed by atoms with Gasteiger partial charge < -0.3 is 10.0 Å². The highest BCUT2D eigenvalue weighted by atomic mass is 16.4. The Morgan fingerprint density at radius 2 is 2.00 bits per heavy atom. The number of rotatable bonds is 4. The summed E-state index contributed by atoms with van der Waals surface area (Å²) in [5, 5.41) is 8.48. The molecule has 1 rings (SSSR count). The van der Waals surface area contributed by atoms with E-state index in [1.54, 1.807) is 0 Å². The highest BCUT2D eigenvalue weighted by Gasteiger charge is 2.34. The van der Waals surface area contributed by atoms with E-state index in [1.165, 1.54) is 0 Å². The van der Waals surface area contributed by atoms with Crippen molar-refractivity contribution in [3.05, 3.63) is 0 Å². The monoisotopic (exact) mass is 199 g/mol. The van der Waals surface area contributed by atoms with Gasteiger partial charge in [0, 0.05) is 19.5 Å². The first-order valence-corrected chi connectivity index (χ1v) is 5.34. The molecule has 1 aliphatic rings. The predicted octanol–water partition coefficient (Wildman–Crippen LogP) is 1.83. The zero-order valence-electron chi connectivity index (χ0n) is 9.42. The van der Waals surface area contributed by atoms with E-state index in [4.69, 9.17) is 5.11 Å². The van der Waals surface area contributed by atoms with Crippen molar-refractivity contribution in [2.24, 2.45) is 11.3 Å². The van der Waals surface area contributed by atoms with E-state index < -0.39 is 5.97 Å². The summed E-state index contributed by atoms with van der Waals surface area (Å²) in [7, 11) is 0. The largest absolute Gasteiger partial charge is 0.481 e. The molecule has 0 atom stereocenters. The Kier molecular flexibility index (Phi) is 3.53. The summed E-state index contributed by atoms with van der Waals surface area (Å²) in [6.45, 7) is 10.0. The smallest absolute Gasteiger partial charge is 0.303 e. The Labute approximate surface area is 86.1 Å². The normalized spacial score (nSPS) is 19.4. The van der Waals surface area contributed by atoms with Gasteiger partial charge in [-0.05, 0) is 24.3 Å². The molecular weight excluding hydrogens is 178 g/mol. The highest BCUT2D eigenvalue weighted by molar-refractivity contribution is 5.66. The van der Waals surface area contributed by atoms with Gasteiger partial charge in [0.05, 0.1) is 0 Å². The molecule has 0 aliphatic carbocycles. The third kappa shape index (κ3) is 3.29. The molecule has 1 saturated heterocycles. The van der Waals surface area contributed by atoms with Crippen molar-refractivity contribution in [3.63, 3.8) is 0 Å². The van der Waals surface area contributed by atoms with Gasteiger partial charge in [-0.1, -0.05) is 20.8 Å². The zero-order chi connectivity index (χ0) is 10.8. The minimum Gasteiger partial charge on any atom is -0.481 e. The second kappa shape index (κ2) is 4.30. The van der Waals surface area contributed by atoms with Crippen molar-refractivity contribution in [3.8, 4) is 0 Å². The van der Waals surface area contributed by atoms with Crippen LogP contribution in [0.15, 0.2) is 0 Å². The molecule has 0 amide bonds. The molecule has 0 aromatic rings. The van der Waals surface area contributed by atoms with Crippen LogP contribution in [-0.4, -0.2) is 35.6 Å². The Balaban J connectivity index is 2.08. The van der Waals surface area contributed by atoms with Crippen LogP contribution in [0.4, 0.5) is 0 Å². The number of carbonyl (C=O) groups is 1. The van der Waals surface area contributed by atoms with Crippen molar-refractivity contribution in [1.29, 1.82) is 0 Å². The third-order valence-corrected chi connectivity index (χ3v) is 3.05. The topological polar surface area (TPSA) is 40.5 Å². The fourth-order valence-corrected chi connectivity index (χ4v) is 1.75. The van der Waals surface area contributed by atoms with Gasteiger partial charge >= 0.3 is 5.97 Å². The van der Waals surface area contributed by atoms with Crippen LogP contribution in [0.1, 0.15) is 33.6 Å². The number of likely N-dealkylation sites (tertiary alicyclic amines) is 1. The molecule has 82 valence electrons. The van der Waals surface area contributed by atoms with Crippen LogP contribution in [0.5, 0.6) is 0 Å². The van der Waals surface area contributed by atoms with Crippen LogP contribution in [0, 0.1) is 11.3 Å². The van der Waals surface area contributed by atoms with Crippen LogP contribution in [0.2, 0.25) is 0 Å². The molecule has 1 fully saturated rings. The van der Waals surface area contributed by atoms with Gasteiger partial charge in [0.2, 0.25) is 0 Å². The summed E-state index contributed by atoms with van der Waals surface area (Å²) in [4.78, 5) is 12.6. The first-order valence-electron chi connectivity index (χ1n) is 5.34. The van der Waals surface area contributed by atoms with E-state index in [9.17, 15) is 4.79 Å². The van der Waals surface area contributed by atoms with Crippen LogP contribution >= 0.6 is 0 Å². The fraction of sp³-hybridized carbons (Fsp3) is 0.909. The number of nitrogens with zero attached hydrogens (tertiary/aromatic N) is 1. The van der Waals surface area contributed by atoms with Gasteiger partial charge in [0.15, 0.2) is 0 Å². The predicted molar refractivity (Wildman–Crippen MR) is 56.3 cm³/mol. The molecule has 0 aromatic heterocycles. The van der Waals surface area contributed by atoms with Crippen LogP contribution in [0.25, 0.3) is 0 Å². The molecule has 14 heavy (non-hydrogen) atoms. The summed E-state index contributed by atoms with van der Waals surface area (Å²) in [6.07, 6.45) is 1.09. The van der Waals surface area contributed by atoms with Crippen LogP contribution in [-0.2, 0) is 4.79 Å². The Morgan fingerprint density at radius 1 is 1.43 bits per heavy atom. The second-order valence-electron chi connectivity index (χ2n) is 5.32. The molecule has 0 aromatic carbocycles. The summed E-state index contributed by atoms with van der Waals surface area (Å²) < 4.78 is 0. The van der Waals surface area contributed by atoms with Gasteiger partial charge in [-0.15, -0.1) is 0 Å². The van der Waals surface area contributed by atoms with Gasteiger partial charge in [-0.3, -0.25) is 4.79 Å². The van der Waals surface area contributed by atoms with Crippen LogP contribution < -0.4 is 0 Å². The Hall–Kier alpha value is -0.570. The highest BCUT2D eigenvalue weighted by Crippen LogP contribution is 2.33. The molecule has 1 aliphatic heterocycles. The van der Waals surface area contributed by atoms with Gasteiger partial charge in [-0.25, -0.2) is 0 Å². The molecule has 0 saturated carbocycles. The van der Waals surface area contributed by atoms with E-state index in [1.807, 2.05) is 0 Å². The van der Waals surface area contributed by atoms with Crippen molar-refractivity contribution < 1.29 is 9.90 Å². The first-order chi connectivity index (χ1) is 6.39. The summed E-state index contributed by atoms with van der Waals surface area (Å²) in [5.41, 5.74) is 0.406. The number of aliphatic carboxylic acids is 1. The second-order valence-corrected chi connectivity index (χ2v) is 5.32. The number of carboxylic acid groups (broad SMARTS) is 1. The van der Waals surface area contributed by atoms with Gasteiger partial charge in [0.1, 0.15) is 0 Å². The number of carboxylic acids is 1. The average molecular weight is 199 g/mol. The van der Waals surface area contributed by atoms with Crippen molar-refractivity contribution >= 4 is 5.97 Å². The van der Waals surface area contributed by atoms with E-state index in [0.29, 0.717) is 11.8 Å². The van der Waals surface area contributed by atoms with Crippen molar-refractivity contribution in [2.75, 3.05) is 19.6 Å². The summed E-state index contributed by atoms with van der Waals surface area (Å²) in [5.74, 6) is 0.102. The fourth-order valence-electron chi connectivity index (χ4n) is 1.75. The first kappa shape index (κ1) is 11.5. The van der Waals surface area contributed by atoms with E-state index in [0.717, 1.165) is 32.0 Å². The van der Waals surface area contributed by atoms with E-state index in [-0.39, 0.29) is 0 Å². The minimum absolute atomic E-state index is 0.302. The standard InChI is InChI=1S/C11H21NO2/c1-11(2,3)9-7-12(8-9)6-4-5-10(13)14/h9H,4-8H2,1-3H3,(H,13,14). The molecule has 0 bridgehead atoms. The molecule has 1 heterocycles. The average Bonchev–Trinajstić information content (AvgIpc) is 1.90. The van der Waals surface area contributed by atoms with Crippen LogP contribution in [0.3, 0.4) is 0 Å². The Bertz CT molecular complexity index is 202. The maximum absolute atomic E-state index is 10.3. The lowest BCUT2D eigenvalue weighted by Crippen LogP contribution is -2.52. The zero-order valence-corrected chi connectivity index (χ0v) is 9.42. The lowest BCUT2D eigenvalue weighted by molar-refractivity contribution is -0.137. The number of hydrogen-bond donors (Lipinski definition) is 1. The van der Waals surface area contributed by atoms with E-state index in [2.05, 4.69) is 25.7 Å². The molecule has 0 spiro atoms. The molecule has 3 nitrogen and oxygen atoms in total. The maximum atomic E-state index is 10.3. The van der Waals surface area contributed by atoms with Crippen molar-refractivity contribution in [2.45, 2.75) is 33.6 Å². The molecule has 0 unspecified atom stereocenters. The van der Waals surface area contributed by atoms with Gasteiger partial charge in [0.25, 0.3) is 0 Å².